The number of halogens is 3. The van der Waals surface area contributed by atoms with Crippen LogP contribution in [-0.4, -0.2) is 14.2 Å². The van der Waals surface area contributed by atoms with E-state index in [1.807, 2.05) is 0 Å². The van der Waals surface area contributed by atoms with Crippen molar-refractivity contribution in [3.63, 3.8) is 0 Å². The summed E-state index contributed by atoms with van der Waals surface area (Å²) in [5, 5.41) is 0.479. The van der Waals surface area contributed by atoms with E-state index in [0.717, 1.165) is 19.3 Å². The minimum absolute atomic E-state index is 0.0533. The van der Waals surface area contributed by atoms with E-state index in [4.69, 9.17) is 39.0 Å². The summed E-state index contributed by atoms with van der Waals surface area (Å²) in [6.45, 7) is 2.05. The molecule has 0 saturated carbocycles. The van der Waals surface area contributed by atoms with Gasteiger partial charge in [0.15, 0.2) is 5.75 Å². The van der Waals surface area contributed by atoms with Gasteiger partial charge in [-0.1, -0.05) is 61.0 Å². The molecule has 3 nitrogen and oxygen atoms in total. The molecule has 0 spiro atoms. The lowest BCUT2D eigenvalue weighted by molar-refractivity contribution is 0.482. The molecule has 0 fully saturated rings. The molecular formula is C12H15Cl3O3S. The van der Waals surface area contributed by atoms with Gasteiger partial charge in [0.1, 0.15) is 0 Å². The molecule has 0 aliphatic rings. The number of hydrogen-bond acceptors (Lipinski definition) is 3. The summed E-state index contributed by atoms with van der Waals surface area (Å²) in [6.07, 6.45) is 3.44. The van der Waals surface area contributed by atoms with E-state index in [9.17, 15) is 8.42 Å². The van der Waals surface area contributed by atoms with Gasteiger partial charge in [-0.3, -0.25) is 0 Å². The molecule has 0 atom stereocenters. The summed E-state index contributed by atoms with van der Waals surface area (Å²) < 4.78 is 28.5. The van der Waals surface area contributed by atoms with Crippen LogP contribution in [0.1, 0.15) is 32.6 Å². The first-order valence-corrected chi connectivity index (χ1v) is 8.63. The molecule has 1 aromatic rings. The maximum absolute atomic E-state index is 11.8. The molecule has 0 amide bonds. The normalized spacial score (nSPS) is 11.6. The highest BCUT2D eigenvalue weighted by molar-refractivity contribution is 7.87. The van der Waals surface area contributed by atoms with Crippen molar-refractivity contribution in [2.24, 2.45) is 0 Å². The maximum Gasteiger partial charge on any atom is 0.309 e. The highest BCUT2D eigenvalue weighted by Crippen LogP contribution is 2.36. The average Bonchev–Trinajstić information content (AvgIpc) is 2.29. The van der Waals surface area contributed by atoms with Gasteiger partial charge in [-0.05, 0) is 18.6 Å². The lowest BCUT2D eigenvalue weighted by Gasteiger charge is -2.10. The largest absolute Gasteiger partial charge is 0.379 e. The van der Waals surface area contributed by atoms with Crippen LogP contribution in [0.25, 0.3) is 0 Å². The van der Waals surface area contributed by atoms with Crippen LogP contribution in [0.5, 0.6) is 5.75 Å². The van der Waals surface area contributed by atoms with Gasteiger partial charge in [-0.25, -0.2) is 0 Å². The van der Waals surface area contributed by atoms with Crippen molar-refractivity contribution in [3.05, 3.63) is 27.2 Å². The van der Waals surface area contributed by atoms with Crippen LogP contribution in [0.2, 0.25) is 15.1 Å². The summed E-state index contributed by atoms with van der Waals surface area (Å²) in [4.78, 5) is 0. The van der Waals surface area contributed by atoms with E-state index in [1.165, 1.54) is 12.1 Å². The Labute approximate surface area is 128 Å². The van der Waals surface area contributed by atoms with Crippen molar-refractivity contribution in [2.75, 3.05) is 5.75 Å². The Balaban J connectivity index is 2.73. The van der Waals surface area contributed by atoms with Gasteiger partial charge in [-0.2, -0.15) is 8.42 Å². The summed E-state index contributed by atoms with van der Waals surface area (Å²) >= 11 is 17.5. The maximum atomic E-state index is 11.8. The molecule has 1 rings (SSSR count). The van der Waals surface area contributed by atoms with Crippen LogP contribution in [0.4, 0.5) is 0 Å². The van der Waals surface area contributed by atoms with Crippen LogP contribution in [0, 0.1) is 0 Å². The molecule has 0 saturated heterocycles. The zero-order valence-corrected chi connectivity index (χ0v) is 13.5. The molecule has 0 heterocycles. The van der Waals surface area contributed by atoms with Crippen LogP contribution >= 0.6 is 34.8 Å². The smallest absolute Gasteiger partial charge is 0.309 e. The molecular weight excluding hydrogens is 331 g/mol. The van der Waals surface area contributed by atoms with Crippen LogP contribution in [0.15, 0.2) is 12.1 Å². The topological polar surface area (TPSA) is 43.4 Å². The summed E-state index contributed by atoms with van der Waals surface area (Å²) in [6, 6.07) is 2.77. The fourth-order valence-corrected chi connectivity index (χ4v) is 3.54. The second-order valence-corrected chi connectivity index (χ2v) is 7.05. The van der Waals surface area contributed by atoms with Crippen molar-refractivity contribution in [3.8, 4) is 5.75 Å². The zero-order chi connectivity index (χ0) is 14.5. The molecule has 0 aliphatic carbocycles. The minimum Gasteiger partial charge on any atom is -0.379 e. The quantitative estimate of drug-likeness (QED) is 0.519. The van der Waals surface area contributed by atoms with E-state index < -0.39 is 10.1 Å². The first kappa shape index (κ1) is 16.9. The van der Waals surface area contributed by atoms with Crippen molar-refractivity contribution in [2.45, 2.75) is 32.6 Å². The van der Waals surface area contributed by atoms with Gasteiger partial charge in [0.25, 0.3) is 0 Å². The third-order valence-electron chi connectivity index (χ3n) is 2.42. The zero-order valence-electron chi connectivity index (χ0n) is 10.5. The summed E-state index contributed by atoms with van der Waals surface area (Å²) in [5.74, 6) is -0.120. The Bertz CT molecular complexity index is 506. The highest BCUT2D eigenvalue weighted by Gasteiger charge is 2.18. The van der Waals surface area contributed by atoms with Crippen LogP contribution in [-0.2, 0) is 10.1 Å². The lowest BCUT2D eigenvalue weighted by Crippen LogP contribution is -2.14. The molecule has 0 bridgehead atoms. The van der Waals surface area contributed by atoms with Crippen molar-refractivity contribution >= 4 is 44.9 Å². The predicted octanol–water partition coefficient (Wildman–Crippen LogP) is 4.94. The van der Waals surface area contributed by atoms with Crippen LogP contribution in [0.3, 0.4) is 0 Å². The predicted molar refractivity (Wildman–Crippen MR) is 80.0 cm³/mol. The summed E-state index contributed by atoms with van der Waals surface area (Å²) in [5.41, 5.74) is 0. The third-order valence-corrected chi connectivity index (χ3v) is 4.41. The fourth-order valence-electron chi connectivity index (χ4n) is 1.48. The fraction of sp³-hybridized carbons (Fsp3) is 0.500. The highest BCUT2D eigenvalue weighted by atomic mass is 35.5. The molecule has 0 radical (unpaired) electrons. The first-order chi connectivity index (χ1) is 8.85. The van der Waals surface area contributed by atoms with Crippen LogP contribution < -0.4 is 4.18 Å². The Morgan fingerprint density at radius 3 is 2.16 bits per heavy atom. The van der Waals surface area contributed by atoms with Gasteiger partial charge >= 0.3 is 10.1 Å². The SMILES string of the molecule is CCCCCCS(=O)(=O)Oc1c(Cl)cc(Cl)cc1Cl. The molecule has 0 aromatic heterocycles. The molecule has 0 aliphatic heterocycles. The Morgan fingerprint density at radius 1 is 1.05 bits per heavy atom. The molecule has 0 unspecified atom stereocenters. The standard InChI is InChI=1S/C12H15Cl3O3S/c1-2-3-4-5-6-19(16,17)18-12-10(14)7-9(13)8-11(12)15/h7-8H,2-6H2,1H3. The lowest BCUT2D eigenvalue weighted by atomic mass is 10.2. The number of hydrogen-bond donors (Lipinski definition) is 0. The first-order valence-electron chi connectivity index (χ1n) is 5.92. The Hall–Kier alpha value is -0.160. The average molecular weight is 346 g/mol. The van der Waals surface area contributed by atoms with Crippen molar-refractivity contribution < 1.29 is 12.6 Å². The van der Waals surface area contributed by atoms with Crippen molar-refractivity contribution in [1.82, 2.24) is 0 Å². The Kier molecular flexibility index (Phi) is 6.74. The van der Waals surface area contributed by atoms with E-state index >= 15 is 0 Å². The summed E-state index contributed by atoms with van der Waals surface area (Å²) in [7, 11) is -3.68. The second-order valence-electron chi connectivity index (χ2n) is 4.10. The van der Waals surface area contributed by atoms with Gasteiger partial charge in [0.2, 0.25) is 0 Å². The molecule has 19 heavy (non-hydrogen) atoms. The number of benzene rings is 1. The second kappa shape index (κ2) is 7.58. The molecule has 0 N–H and O–H groups in total. The van der Waals surface area contributed by atoms with E-state index in [-0.39, 0.29) is 21.5 Å². The van der Waals surface area contributed by atoms with Gasteiger partial charge in [0.05, 0.1) is 15.8 Å². The van der Waals surface area contributed by atoms with Gasteiger partial charge < -0.3 is 4.18 Å². The molecule has 7 heteroatoms. The van der Waals surface area contributed by atoms with Gasteiger partial charge in [0, 0.05) is 5.02 Å². The minimum atomic E-state index is -3.68. The molecule has 108 valence electrons. The monoisotopic (exact) mass is 344 g/mol. The van der Waals surface area contributed by atoms with E-state index in [1.54, 1.807) is 0 Å². The van der Waals surface area contributed by atoms with E-state index in [2.05, 4.69) is 6.92 Å². The number of unbranched alkanes of at least 4 members (excludes halogenated alkanes) is 3. The Morgan fingerprint density at radius 2 is 1.63 bits per heavy atom. The number of rotatable bonds is 7. The molecule has 1 aromatic carbocycles. The van der Waals surface area contributed by atoms with Crippen molar-refractivity contribution in [1.29, 1.82) is 0 Å². The van der Waals surface area contributed by atoms with E-state index in [0.29, 0.717) is 11.4 Å². The third kappa shape index (κ3) is 5.78. The van der Waals surface area contributed by atoms with Gasteiger partial charge in [-0.15, -0.1) is 0 Å².